The van der Waals surface area contributed by atoms with Gasteiger partial charge in [0, 0.05) is 16.3 Å². The summed E-state index contributed by atoms with van der Waals surface area (Å²) in [7, 11) is 3.13. The number of hydrogen-bond acceptors (Lipinski definition) is 6. The van der Waals surface area contributed by atoms with E-state index >= 15 is 0 Å². The molecule has 6 nitrogen and oxygen atoms in total. The van der Waals surface area contributed by atoms with E-state index in [1.54, 1.807) is 32.4 Å². The Bertz CT molecular complexity index is 935. The quantitative estimate of drug-likeness (QED) is 0.506. The Hall–Kier alpha value is -2.45. The molecule has 0 bridgehead atoms. The third-order valence-electron chi connectivity index (χ3n) is 3.68. The van der Waals surface area contributed by atoms with Crippen molar-refractivity contribution in [3.63, 3.8) is 0 Å². The molecular formula is C17H16ClFN4O2S. The van der Waals surface area contributed by atoms with Gasteiger partial charge >= 0.3 is 0 Å². The summed E-state index contributed by atoms with van der Waals surface area (Å²) in [4.78, 5) is 0. The summed E-state index contributed by atoms with van der Waals surface area (Å²) in [5.41, 5.74) is 1.53. The molecule has 9 heteroatoms. The van der Waals surface area contributed by atoms with Crippen LogP contribution in [0.15, 0.2) is 41.6 Å². The van der Waals surface area contributed by atoms with E-state index in [9.17, 15) is 4.39 Å². The highest BCUT2D eigenvalue weighted by atomic mass is 35.5. The van der Waals surface area contributed by atoms with Gasteiger partial charge < -0.3 is 15.3 Å². The Morgan fingerprint density at radius 3 is 2.58 bits per heavy atom. The largest absolute Gasteiger partial charge is 0.493 e. The molecule has 1 aromatic heterocycles. The van der Waals surface area contributed by atoms with Crippen molar-refractivity contribution < 1.29 is 13.9 Å². The number of thioether (sulfide) groups is 1. The molecular weight excluding hydrogens is 379 g/mol. The zero-order chi connectivity index (χ0) is 18.7. The van der Waals surface area contributed by atoms with E-state index in [4.69, 9.17) is 26.9 Å². The Balaban J connectivity index is 1.82. The Morgan fingerprint density at radius 1 is 1.12 bits per heavy atom. The second-order valence-corrected chi connectivity index (χ2v) is 6.62. The average molecular weight is 395 g/mol. The number of hydrogen-bond donors (Lipinski definition) is 1. The van der Waals surface area contributed by atoms with Crippen molar-refractivity contribution in [2.75, 3.05) is 20.1 Å². The molecule has 2 aromatic carbocycles. The van der Waals surface area contributed by atoms with Crippen LogP contribution in [0.4, 0.5) is 4.39 Å². The van der Waals surface area contributed by atoms with Gasteiger partial charge in [-0.1, -0.05) is 29.4 Å². The Morgan fingerprint density at radius 2 is 1.88 bits per heavy atom. The highest BCUT2D eigenvalue weighted by Gasteiger charge is 2.15. The lowest BCUT2D eigenvalue weighted by atomic mass is 10.2. The molecule has 26 heavy (non-hydrogen) atoms. The van der Waals surface area contributed by atoms with Crippen LogP contribution < -0.4 is 15.3 Å². The lowest BCUT2D eigenvalue weighted by Crippen LogP contribution is -2.11. The van der Waals surface area contributed by atoms with E-state index in [0.717, 1.165) is 11.1 Å². The molecule has 0 spiro atoms. The summed E-state index contributed by atoms with van der Waals surface area (Å²) in [6.45, 7) is 0. The maximum atomic E-state index is 13.1. The topological polar surface area (TPSA) is 75.2 Å². The number of nitrogen functional groups attached to an aromatic ring is 1. The maximum absolute atomic E-state index is 13.1. The third-order valence-corrected chi connectivity index (χ3v) is 5.02. The molecule has 0 aliphatic rings. The van der Waals surface area contributed by atoms with E-state index in [1.807, 2.05) is 6.07 Å². The zero-order valence-corrected chi connectivity index (χ0v) is 15.6. The molecule has 0 radical (unpaired) electrons. The fourth-order valence-corrected chi connectivity index (χ4v) is 3.50. The molecule has 0 aliphatic heterocycles. The first-order chi connectivity index (χ1) is 12.5. The van der Waals surface area contributed by atoms with Crippen molar-refractivity contribution in [1.82, 2.24) is 14.9 Å². The molecule has 0 amide bonds. The van der Waals surface area contributed by atoms with Crippen LogP contribution in [0.3, 0.4) is 0 Å². The van der Waals surface area contributed by atoms with Crippen molar-refractivity contribution in [1.29, 1.82) is 0 Å². The predicted octanol–water partition coefficient (Wildman–Crippen LogP) is 3.76. The summed E-state index contributed by atoms with van der Waals surface area (Å²) >= 11 is 7.40. The number of nitrogens with zero attached hydrogens (tertiary/aromatic N) is 3. The van der Waals surface area contributed by atoms with Gasteiger partial charge in [-0.25, -0.2) is 9.07 Å². The number of nitrogens with two attached hydrogens (primary N) is 1. The number of ether oxygens (including phenoxy) is 2. The van der Waals surface area contributed by atoms with E-state index in [2.05, 4.69) is 10.2 Å². The van der Waals surface area contributed by atoms with Gasteiger partial charge in [0.05, 0.1) is 14.2 Å². The standard InChI is InChI=1S/C17H16ClFN4O2S/c1-24-14-6-4-10(7-15(14)25-2)16-21-22-17(23(16)20)26-9-11-3-5-12(19)8-13(11)18/h3-8H,9,20H2,1-2H3. The van der Waals surface area contributed by atoms with Crippen LogP contribution in [0.25, 0.3) is 11.4 Å². The first kappa shape index (κ1) is 18.3. The Labute approximate surface area is 159 Å². The van der Waals surface area contributed by atoms with Gasteiger partial charge in [-0.3, -0.25) is 0 Å². The SMILES string of the molecule is COc1ccc(-c2nnc(SCc3ccc(F)cc3Cl)n2N)cc1OC. The smallest absolute Gasteiger partial charge is 0.210 e. The number of rotatable bonds is 6. The molecule has 0 saturated carbocycles. The normalized spacial score (nSPS) is 10.8. The minimum Gasteiger partial charge on any atom is -0.493 e. The summed E-state index contributed by atoms with van der Waals surface area (Å²) in [5, 5.41) is 9.13. The molecule has 2 N–H and O–H groups in total. The lowest BCUT2D eigenvalue weighted by Gasteiger charge is -2.09. The van der Waals surface area contributed by atoms with Crippen LogP contribution >= 0.6 is 23.4 Å². The summed E-state index contributed by atoms with van der Waals surface area (Å²) in [6.07, 6.45) is 0. The summed E-state index contributed by atoms with van der Waals surface area (Å²) < 4.78 is 25.0. The Kier molecular flexibility index (Phi) is 5.53. The molecule has 1 heterocycles. The molecule has 0 atom stereocenters. The third kappa shape index (κ3) is 3.71. The maximum Gasteiger partial charge on any atom is 0.210 e. The van der Waals surface area contributed by atoms with Crippen LogP contribution in [0.1, 0.15) is 5.56 Å². The summed E-state index contributed by atoms with van der Waals surface area (Å²) in [5.74, 6) is 7.91. The monoisotopic (exact) mass is 394 g/mol. The number of benzene rings is 2. The zero-order valence-electron chi connectivity index (χ0n) is 14.1. The van der Waals surface area contributed by atoms with Gasteiger partial charge in [-0.2, -0.15) is 0 Å². The van der Waals surface area contributed by atoms with Crippen LogP contribution in [-0.4, -0.2) is 29.1 Å². The van der Waals surface area contributed by atoms with Crippen molar-refractivity contribution >= 4 is 23.4 Å². The molecule has 0 aliphatic carbocycles. The molecule has 136 valence electrons. The van der Waals surface area contributed by atoms with Gasteiger partial charge in [0.2, 0.25) is 5.16 Å². The molecule has 3 rings (SSSR count). The second-order valence-electron chi connectivity index (χ2n) is 5.27. The van der Waals surface area contributed by atoms with Crippen LogP contribution in [-0.2, 0) is 5.75 Å². The highest BCUT2D eigenvalue weighted by molar-refractivity contribution is 7.98. The van der Waals surface area contributed by atoms with Gasteiger partial charge in [-0.05, 0) is 35.9 Å². The minimum absolute atomic E-state index is 0.362. The lowest BCUT2D eigenvalue weighted by molar-refractivity contribution is 0.355. The predicted molar refractivity (Wildman–Crippen MR) is 99.7 cm³/mol. The van der Waals surface area contributed by atoms with Gasteiger partial charge in [0.25, 0.3) is 0 Å². The minimum atomic E-state index is -0.374. The van der Waals surface area contributed by atoms with Gasteiger partial charge in [0.1, 0.15) is 5.82 Å². The number of halogens is 2. The molecule has 0 saturated heterocycles. The van der Waals surface area contributed by atoms with Gasteiger partial charge in [0.15, 0.2) is 17.3 Å². The summed E-state index contributed by atoms with van der Waals surface area (Å²) in [6, 6.07) is 9.65. The van der Waals surface area contributed by atoms with Crippen molar-refractivity contribution in [2.45, 2.75) is 10.9 Å². The van der Waals surface area contributed by atoms with Crippen molar-refractivity contribution in [3.8, 4) is 22.9 Å². The number of methoxy groups -OCH3 is 2. The fourth-order valence-electron chi connectivity index (χ4n) is 2.33. The van der Waals surface area contributed by atoms with Crippen molar-refractivity contribution in [3.05, 3.63) is 52.8 Å². The van der Waals surface area contributed by atoms with E-state index in [-0.39, 0.29) is 5.82 Å². The number of aromatic nitrogens is 3. The van der Waals surface area contributed by atoms with E-state index in [1.165, 1.54) is 28.6 Å². The van der Waals surface area contributed by atoms with E-state index < -0.39 is 0 Å². The second kappa shape index (κ2) is 7.84. The highest BCUT2D eigenvalue weighted by Crippen LogP contribution is 2.33. The average Bonchev–Trinajstić information content (AvgIpc) is 3.01. The van der Waals surface area contributed by atoms with Crippen LogP contribution in [0.5, 0.6) is 11.5 Å². The van der Waals surface area contributed by atoms with Crippen LogP contribution in [0, 0.1) is 5.82 Å². The molecule has 0 fully saturated rings. The molecule has 0 unspecified atom stereocenters. The molecule has 3 aromatic rings. The first-order valence-corrected chi connectivity index (χ1v) is 8.89. The first-order valence-electron chi connectivity index (χ1n) is 7.53. The van der Waals surface area contributed by atoms with E-state index in [0.29, 0.717) is 33.3 Å². The van der Waals surface area contributed by atoms with Gasteiger partial charge in [-0.15, -0.1) is 10.2 Å². The fraction of sp³-hybridized carbons (Fsp3) is 0.176. The van der Waals surface area contributed by atoms with Crippen molar-refractivity contribution in [2.24, 2.45) is 0 Å². The van der Waals surface area contributed by atoms with Crippen LogP contribution in [0.2, 0.25) is 5.02 Å².